The van der Waals surface area contributed by atoms with Crippen molar-refractivity contribution in [3.8, 4) is 67.3 Å². The number of hydrogen-bond donors (Lipinski definition) is 0. The average Bonchev–Trinajstić information content (AvgIpc) is 3.65. The minimum Gasteiger partial charge on any atom is -0.228 e. The summed E-state index contributed by atoms with van der Waals surface area (Å²) in [5, 5.41) is 4.76. The minimum atomic E-state index is -0.523. The van der Waals surface area contributed by atoms with Crippen molar-refractivity contribution in [1.29, 1.82) is 0 Å². The molecule has 12 rings (SSSR count). The van der Waals surface area contributed by atoms with Crippen LogP contribution in [-0.4, -0.2) is 9.97 Å². The lowest BCUT2D eigenvalue weighted by Gasteiger charge is -2.34. The normalized spacial score (nSPS) is 12.6. The van der Waals surface area contributed by atoms with Gasteiger partial charge in [-0.05, 0) is 108 Å². The van der Waals surface area contributed by atoms with Crippen molar-refractivity contribution in [3.63, 3.8) is 0 Å². The standard InChI is InChI=1S/C61H40N2/c1-5-17-41(18-6-1)42-29-31-44(32-30-42)59-40-58(43-19-7-2-8-20-43)62-60(63-59)54-36-35-50(51-27-15-16-28-52(51)54)47-33-34-53-55-37-45-21-13-14-22-46(45)38-57(55)61(56(53)39-47,48-23-9-3-10-24-48)49-25-11-4-12-26-49/h1-40H. The molecule has 0 amide bonds. The van der Waals surface area contributed by atoms with Crippen molar-refractivity contribution >= 4 is 21.5 Å². The van der Waals surface area contributed by atoms with Crippen LogP contribution >= 0.6 is 0 Å². The van der Waals surface area contributed by atoms with Crippen LogP contribution in [0.5, 0.6) is 0 Å². The van der Waals surface area contributed by atoms with E-state index in [9.17, 15) is 0 Å². The smallest absolute Gasteiger partial charge is 0.161 e. The van der Waals surface area contributed by atoms with Gasteiger partial charge >= 0.3 is 0 Å². The highest BCUT2D eigenvalue weighted by Crippen LogP contribution is 2.57. The molecule has 0 bridgehead atoms. The molecule has 10 aromatic carbocycles. The van der Waals surface area contributed by atoms with E-state index in [0.29, 0.717) is 5.82 Å². The van der Waals surface area contributed by atoms with Crippen molar-refractivity contribution in [2.24, 2.45) is 0 Å². The molecule has 0 saturated carbocycles. The molecule has 0 unspecified atom stereocenters. The van der Waals surface area contributed by atoms with Gasteiger partial charge < -0.3 is 0 Å². The largest absolute Gasteiger partial charge is 0.228 e. The van der Waals surface area contributed by atoms with Crippen molar-refractivity contribution in [1.82, 2.24) is 9.97 Å². The van der Waals surface area contributed by atoms with E-state index in [4.69, 9.17) is 9.97 Å². The molecule has 0 atom stereocenters. The summed E-state index contributed by atoms with van der Waals surface area (Å²) in [7, 11) is 0. The van der Waals surface area contributed by atoms with E-state index >= 15 is 0 Å². The Labute approximate surface area is 367 Å². The first-order valence-electron chi connectivity index (χ1n) is 21.6. The number of aromatic nitrogens is 2. The maximum Gasteiger partial charge on any atom is 0.161 e. The molecule has 0 aliphatic heterocycles. The third kappa shape index (κ3) is 6.10. The van der Waals surface area contributed by atoms with Gasteiger partial charge in [-0.3, -0.25) is 0 Å². The van der Waals surface area contributed by atoms with Gasteiger partial charge in [0.1, 0.15) is 0 Å². The molecular weight excluding hydrogens is 761 g/mol. The lowest BCUT2D eigenvalue weighted by molar-refractivity contribution is 0.770. The first-order chi connectivity index (χ1) is 31.2. The summed E-state index contributed by atoms with van der Waals surface area (Å²) in [5.74, 6) is 0.699. The Kier molecular flexibility index (Phi) is 8.76. The van der Waals surface area contributed by atoms with Gasteiger partial charge in [0.25, 0.3) is 0 Å². The molecule has 1 heterocycles. The fourth-order valence-corrected chi connectivity index (χ4v) is 10.0. The Morgan fingerprint density at radius 2 is 0.698 bits per heavy atom. The summed E-state index contributed by atoms with van der Waals surface area (Å²) in [6.45, 7) is 0. The predicted molar refractivity (Wildman–Crippen MR) is 262 cm³/mol. The molecule has 0 radical (unpaired) electrons. The number of benzene rings is 10. The third-order valence-electron chi connectivity index (χ3n) is 13.0. The zero-order valence-corrected chi connectivity index (χ0v) is 34.5. The highest BCUT2D eigenvalue weighted by Gasteiger charge is 2.46. The van der Waals surface area contributed by atoms with Gasteiger partial charge in [0.2, 0.25) is 0 Å². The molecule has 0 saturated heterocycles. The second-order valence-corrected chi connectivity index (χ2v) is 16.5. The Morgan fingerprint density at radius 3 is 1.33 bits per heavy atom. The van der Waals surface area contributed by atoms with E-state index in [0.717, 1.165) is 38.9 Å². The Morgan fingerprint density at radius 1 is 0.270 bits per heavy atom. The number of nitrogens with zero attached hydrogens (tertiary/aromatic N) is 2. The first kappa shape index (κ1) is 36.6. The zero-order valence-electron chi connectivity index (χ0n) is 34.5. The van der Waals surface area contributed by atoms with Crippen LogP contribution in [-0.2, 0) is 5.41 Å². The van der Waals surface area contributed by atoms with Gasteiger partial charge in [-0.2, -0.15) is 0 Å². The quantitative estimate of drug-likeness (QED) is 0.160. The summed E-state index contributed by atoms with van der Waals surface area (Å²) in [6.07, 6.45) is 0. The van der Waals surface area contributed by atoms with Gasteiger partial charge in [0.05, 0.1) is 16.8 Å². The van der Waals surface area contributed by atoms with Crippen LogP contribution in [0.1, 0.15) is 22.3 Å². The number of hydrogen-bond acceptors (Lipinski definition) is 2. The molecule has 0 N–H and O–H groups in total. The average molecular weight is 801 g/mol. The van der Waals surface area contributed by atoms with Crippen LogP contribution < -0.4 is 0 Å². The Balaban J connectivity index is 1.04. The van der Waals surface area contributed by atoms with Gasteiger partial charge in [-0.15, -0.1) is 0 Å². The molecule has 2 heteroatoms. The molecule has 294 valence electrons. The van der Waals surface area contributed by atoms with Crippen LogP contribution in [0, 0.1) is 0 Å². The summed E-state index contributed by atoms with van der Waals surface area (Å²) in [4.78, 5) is 10.6. The topological polar surface area (TPSA) is 25.8 Å². The van der Waals surface area contributed by atoms with E-state index in [1.54, 1.807) is 0 Å². The highest BCUT2D eigenvalue weighted by atomic mass is 14.9. The molecule has 1 aromatic heterocycles. The van der Waals surface area contributed by atoms with Crippen LogP contribution in [0.3, 0.4) is 0 Å². The number of fused-ring (bicyclic) bond motifs is 5. The fraction of sp³-hybridized carbons (Fsp3) is 0.0164. The van der Waals surface area contributed by atoms with Crippen molar-refractivity contribution in [3.05, 3.63) is 265 Å². The second kappa shape index (κ2) is 15.1. The molecule has 1 aliphatic rings. The summed E-state index contributed by atoms with van der Waals surface area (Å²) >= 11 is 0. The van der Waals surface area contributed by atoms with Gasteiger partial charge in [0.15, 0.2) is 5.82 Å². The van der Waals surface area contributed by atoms with Crippen LogP contribution in [0.15, 0.2) is 243 Å². The summed E-state index contributed by atoms with van der Waals surface area (Å²) in [5.41, 5.74) is 16.7. The lowest BCUT2D eigenvalue weighted by Crippen LogP contribution is -2.28. The molecule has 0 fully saturated rings. The molecule has 0 spiro atoms. The summed E-state index contributed by atoms with van der Waals surface area (Å²) < 4.78 is 0. The van der Waals surface area contributed by atoms with Crippen molar-refractivity contribution in [2.45, 2.75) is 5.41 Å². The van der Waals surface area contributed by atoms with E-state index in [2.05, 4.69) is 237 Å². The van der Waals surface area contributed by atoms with Gasteiger partial charge in [-0.25, -0.2) is 9.97 Å². The zero-order chi connectivity index (χ0) is 41.7. The van der Waals surface area contributed by atoms with Crippen LogP contribution in [0.25, 0.3) is 88.8 Å². The number of rotatable bonds is 7. The van der Waals surface area contributed by atoms with E-state index in [1.807, 2.05) is 6.07 Å². The van der Waals surface area contributed by atoms with E-state index < -0.39 is 5.41 Å². The second-order valence-electron chi connectivity index (χ2n) is 16.5. The molecule has 63 heavy (non-hydrogen) atoms. The maximum atomic E-state index is 5.32. The monoisotopic (exact) mass is 800 g/mol. The third-order valence-corrected chi connectivity index (χ3v) is 13.0. The minimum absolute atomic E-state index is 0.523. The fourth-order valence-electron chi connectivity index (χ4n) is 10.0. The predicted octanol–water partition coefficient (Wildman–Crippen LogP) is 15.5. The van der Waals surface area contributed by atoms with Crippen LogP contribution in [0.4, 0.5) is 0 Å². The first-order valence-corrected chi connectivity index (χ1v) is 21.6. The van der Waals surface area contributed by atoms with E-state index in [-0.39, 0.29) is 0 Å². The maximum absolute atomic E-state index is 5.32. The Hall–Kier alpha value is -8.20. The highest BCUT2D eigenvalue weighted by molar-refractivity contribution is 6.05. The molecule has 2 nitrogen and oxygen atoms in total. The van der Waals surface area contributed by atoms with Gasteiger partial charge in [-0.1, -0.05) is 212 Å². The molecule has 11 aromatic rings. The van der Waals surface area contributed by atoms with E-state index in [1.165, 1.54) is 66.4 Å². The van der Waals surface area contributed by atoms with Crippen molar-refractivity contribution in [2.75, 3.05) is 0 Å². The van der Waals surface area contributed by atoms with Crippen LogP contribution in [0.2, 0.25) is 0 Å². The Bertz CT molecular complexity index is 3430. The van der Waals surface area contributed by atoms with Gasteiger partial charge in [0, 0.05) is 16.7 Å². The molecular formula is C61H40N2. The SMILES string of the molecule is c1ccc(-c2ccc(-c3cc(-c4ccccc4)nc(-c4ccc(-c5ccc6c(c5)C(c5ccccc5)(c5ccccc5)c5cc7ccccc7cc5-6)c5ccccc45)n3)cc2)cc1. The van der Waals surface area contributed by atoms with Crippen molar-refractivity contribution < 1.29 is 0 Å². The lowest BCUT2D eigenvalue weighted by atomic mass is 9.67. The summed E-state index contributed by atoms with van der Waals surface area (Å²) in [6, 6.07) is 87.8. The molecule has 1 aliphatic carbocycles.